The molecule has 0 saturated heterocycles. The van der Waals surface area contributed by atoms with Gasteiger partial charge in [0.1, 0.15) is 5.75 Å². The molecule has 1 aromatic carbocycles. The third-order valence-electron chi connectivity index (χ3n) is 3.77. The topological polar surface area (TPSA) is 75.5 Å². The van der Waals surface area contributed by atoms with Crippen LogP contribution in [-0.2, 0) is 0 Å². The van der Waals surface area contributed by atoms with E-state index >= 15 is 0 Å². The van der Waals surface area contributed by atoms with Crippen LogP contribution in [0.25, 0.3) is 11.4 Å². The van der Waals surface area contributed by atoms with E-state index in [2.05, 4.69) is 36.8 Å². The molecule has 2 aromatic rings. The highest BCUT2D eigenvalue weighted by atomic mass is 16.5. The molecule has 6 heteroatoms. The summed E-state index contributed by atoms with van der Waals surface area (Å²) < 4.78 is 5.84. The molecule has 2 N–H and O–H groups in total. The van der Waals surface area contributed by atoms with Crippen LogP contribution in [-0.4, -0.2) is 34.3 Å². The smallest absolute Gasteiger partial charge is 0.482 e. The predicted octanol–water partition coefficient (Wildman–Crippen LogP) is 3.80. The van der Waals surface area contributed by atoms with Crippen molar-refractivity contribution in [2.24, 2.45) is 5.92 Å². The molecule has 1 heterocycles. The van der Waals surface area contributed by atoms with E-state index in [1.165, 1.54) is 12.0 Å². The van der Waals surface area contributed by atoms with E-state index in [4.69, 9.17) is 14.8 Å². The van der Waals surface area contributed by atoms with E-state index < -0.39 is 0 Å². The van der Waals surface area contributed by atoms with Gasteiger partial charge >= 0.3 is 7.69 Å². The van der Waals surface area contributed by atoms with Crippen molar-refractivity contribution < 1.29 is 14.8 Å². The average Bonchev–Trinajstić information content (AvgIpc) is 2.63. The van der Waals surface area contributed by atoms with E-state index in [0.29, 0.717) is 5.92 Å². The third-order valence-corrected chi connectivity index (χ3v) is 3.77. The third kappa shape index (κ3) is 9.35. The second-order valence-electron chi connectivity index (χ2n) is 6.31. The van der Waals surface area contributed by atoms with Gasteiger partial charge in [0.25, 0.3) is 0 Å². The molecule has 0 saturated carbocycles. The lowest BCUT2D eigenvalue weighted by molar-refractivity contribution is 0.279. The van der Waals surface area contributed by atoms with Gasteiger partial charge in [0.2, 0.25) is 0 Å². The Bertz CT molecular complexity index is 629. The fourth-order valence-electron chi connectivity index (χ4n) is 2.33. The van der Waals surface area contributed by atoms with Gasteiger partial charge in [-0.15, -0.1) is 0 Å². The van der Waals surface area contributed by atoms with Gasteiger partial charge in [-0.3, -0.25) is 0 Å². The summed E-state index contributed by atoms with van der Waals surface area (Å²) in [5, 5.41) is 14.0. The van der Waals surface area contributed by atoms with Crippen LogP contribution in [0.2, 0.25) is 0 Å². The number of hydrogen-bond donors (Lipinski definition) is 2. The molecule has 0 aliphatic carbocycles. The van der Waals surface area contributed by atoms with Gasteiger partial charge in [0.15, 0.2) is 5.82 Å². The van der Waals surface area contributed by atoms with Crippen molar-refractivity contribution in [3.63, 3.8) is 0 Å². The van der Waals surface area contributed by atoms with Crippen molar-refractivity contribution >= 4 is 7.69 Å². The monoisotopic (exact) mass is 355 g/mol. The van der Waals surface area contributed by atoms with E-state index in [1.807, 2.05) is 30.3 Å². The minimum absolute atomic E-state index is 0. The zero-order chi connectivity index (χ0) is 19.2. The molecule has 0 amide bonds. The van der Waals surface area contributed by atoms with Gasteiger partial charge in [-0.25, -0.2) is 9.97 Å². The first-order chi connectivity index (χ1) is 12.6. The Balaban J connectivity index is 0.00000105. The molecule has 139 valence electrons. The second-order valence-corrected chi connectivity index (χ2v) is 6.31. The van der Waals surface area contributed by atoms with Gasteiger partial charge in [0.05, 0.1) is 6.61 Å². The standard InChI is InChI=1S/C20H26N2O.BH2O2/c1-16(2)6-4-7-17(3)12-15-23-19-10-8-18(9-11-19)20-21-13-5-14-22-20;2-1-3/h5-6,8-11,13-14,17H,4,7,12,15H2,1-3H3;2-3H/t17-;/m0./s1. The van der Waals surface area contributed by atoms with Gasteiger partial charge in [-0.1, -0.05) is 18.6 Å². The summed E-state index contributed by atoms with van der Waals surface area (Å²) in [5.74, 6) is 2.33. The quantitative estimate of drug-likeness (QED) is 0.556. The average molecular weight is 355 g/mol. The van der Waals surface area contributed by atoms with Crippen LogP contribution in [0.1, 0.15) is 40.0 Å². The Morgan fingerprint density at radius 1 is 1.12 bits per heavy atom. The first-order valence-electron chi connectivity index (χ1n) is 8.80. The Morgan fingerprint density at radius 3 is 2.31 bits per heavy atom. The number of nitrogens with zero attached hydrogens (tertiary/aromatic N) is 2. The van der Waals surface area contributed by atoms with Crippen molar-refractivity contribution in [1.82, 2.24) is 9.97 Å². The molecular formula is C20H28BN2O3. The molecule has 0 aliphatic heterocycles. The van der Waals surface area contributed by atoms with E-state index in [9.17, 15) is 0 Å². The normalized spacial score (nSPS) is 11.0. The zero-order valence-corrected chi connectivity index (χ0v) is 15.8. The van der Waals surface area contributed by atoms with Crippen molar-refractivity contribution in [2.45, 2.75) is 40.0 Å². The second kappa shape index (κ2) is 13.1. The summed E-state index contributed by atoms with van der Waals surface area (Å²) in [5.41, 5.74) is 2.41. The maximum atomic E-state index is 7.00. The number of aromatic nitrogens is 2. The molecule has 1 atom stereocenters. The summed E-state index contributed by atoms with van der Waals surface area (Å²) in [6.07, 6.45) is 9.28. The molecule has 0 aliphatic rings. The molecule has 0 fully saturated rings. The maximum Gasteiger partial charge on any atom is 0.482 e. The molecule has 5 nitrogen and oxygen atoms in total. The SMILES string of the molecule is CC(C)=CCC[C@H](C)CCOc1ccc(-c2ncccn2)cc1.O[B]O. The Labute approximate surface area is 157 Å². The lowest BCUT2D eigenvalue weighted by Gasteiger charge is -2.11. The highest BCUT2D eigenvalue weighted by Crippen LogP contribution is 2.19. The molecule has 26 heavy (non-hydrogen) atoms. The van der Waals surface area contributed by atoms with E-state index in [1.54, 1.807) is 12.4 Å². The largest absolute Gasteiger partial charge is 0.494 e. The number of hydrogen-bond acceptors (Lipinski definition) is 5. The van der Waals surface area contributed by atoms with Gasteiger partial charge in [-0.05, 0) is 69.4 Å². The highest BCUT2D eigenvalue weighted by molar-refractivity contribution is 6.13. The number of rotatable bonds is 8. The lowest BCUT2D eigenvalue weighted by Crippen LogP contribution is -2.04. The van der Waals surface area contributed by atoms with Gasteiger partial charge < -0.3 is 14.8 Å². The van der Waals surface area contributed by atoms with Crippen LogP contribution >= 0.6 is 0 Å². The first-order valence-corrected chi connectivity index (χ1v) is 8.80. The maximum absolute atomic E-state index is 7.00. The molecule has 2 rings (SSSR count). The summed E-state index contributed by atoms with van der Waals surface area (Å²) in [6, 6.07) is 9.80. The van der Waals surface area contributed by atoms with Crippen molar-refractivity contribution in [1.29, 1.82) is 0 Å². The number of ether oxygens (including phenoxy) is 1. The summed E-state index contributed by atoms with van der Waals surface area (Å²) in [7, 11) is 0. The van der Waals surface area contributed by atoms with Crippen LogP contribution in [0.15, 0.2) is 54.4 Å². The predicted molar refractivity (Wildman–Crippen MR) is 106 cm³/mol. The molecule has 1 aromatic heterocycles. The molecule has 1 radical (unpaired) electrons. The van der Waals surface area contributed by atoms with E-state index in [0.717, 1.165) is 36.6 Å². The van der Waals surface area contributed by atoms with E-state index in [-0.39, 0.29) is 7.69 Å². The first kappa shape index (κ1) is 21.9. The Kier molecular flexibility index (Phi) is 11.0. The summed E-state index contributed by atoms with van der Waals surface area (Å²) in [6.45, 7) is 7.35. The lowest BCUT2D eigenvalue weighted by atomic mass is 10.0. The summed E-state index contributed by atoms with van der Waals surface area (Å²) >= 11 is 0. The molecule has 0 unspecified atom stereocenters. The minimum atomic E-state index is 0. The van der Waals surface area contributed by atoms with Crippen molar-refractivity contribution in [3.8, 4) is 17.1 Å². The number of benzene rings is 1. The van der Waals surface area contributed by atoms with Crippen molar-refractivity contribution in [2.75, 3.05) is 6.61 Å². The van der Waals surface area contributed by atoms with Crippen LogP contribution in [0.3, 0.4) is 0 Å². The fourth-order valence-corrected chi connectivity index (χ4v) is 2.33. The molecule has 0 spiro atoms. The highest BCUT2D eigenvalue weighted by Gasteiger charge is 2.03. The summed E-state index contributed by atoms with van der Waals surface area (Å²) in [4.78, 5) is 8.50. The Hall–Kier alpha value is -2.18. The zero-order valence-electron chi connectivity index (χ0n) is 15.8. The van der Waals surface area contributed by atoms with Crippen molar-refractivity contribution in [3.05, 3.63) is 54.4 Å². The van der Waals surface area contributed by atoms with Crippen LogP contribution < -0.4 is 4.74 Å². The van der Waals surface area contributed by atoms with Gasteiger partial charge in [0, 0.05) is 18.0 Å². The minimum Gasteiger partial charge on any atom is -0.494 e. The van der Waals surface area contributed by atoms with Crippen LogP contribution in [0.5, 0.6) is 5.75 Å². The Morgan fingerprint density at radius 2 is 1.73 bits per heavy atom. The van der Waals surface area contributed by atoms with Crippen LogP contribution in [0.4, 0.5) is 0 Å². The van der Waals surface area contributed by atoms with Crippen LogP contribution in [0, 0.1) is 5.92 Å². The molecule has 0 bridgehead atoms. The molecular weight excluding hydrogens is 327 g/mol. The number of allylic oxidation sites excluding steroid dienone is 2. The van der Waals surface area contributed by atoms with Gasteiger partial charge in [-0.2, -0.15) is 0 Å². The fraction of sp³-hybridized carbons (Fsp3) is 0.400.